The van der Waals surface area contributed by atoms with E-state index in [4.69, 9.17) is 4.52 Å². The van der Waals surface area contributed by atoms with Gasteiger partial charge in [0.2, 0.25) is 0 Å². The normalized spacial score (nSPS) is 23.6. The maximum absolute atomic E-state index is 6.98. The maximum atomic E-state index is 6.98. The first-order valence-electron chi connectivity index (χ1n) is 10.7. The molecule has 1 N–H and O–H groups in total. The fourth-order valence-corrected chi connectivity index (χ4v) is 6.57. The van der Waals surface area contributed by atoms with Crippen LogP contribution in [0.5, 0.6) is 0 Å². The van der Waals surface area contributed by atoms with Gasteiger partial charge in [0.15, 0.2) is 8.30 Å². The number of aryl methyl sites for hydroxylation is 3. The molecule has 28 heavy (non-hydrogen) atoms. The van der Waals surface area contributed by atoms with Crippen LogP contribution in [-0.4, -0.2) is 6.10 Å². The lowest BCUT2D eigenvalue weighted by Gasteiger charge is -2.39. The van der Waals surface area contributed by atoms with Gasteiger partial charge in [-0.15, -0.1) is 0 Å². The van der Waals surface area contributed by atoms with Gasteiger partial charge >= 0.3 is 0 Å². The van der Waals surface area contributed by atoms with Gasteiger partial charge in [0, 0.05) is 11.0 Å². The summed E-state index contributed by atoms with van der Waals surface area (Å²) in [6.07, 6.45) is 4.10. The summed E-state index contributed by atoms with van der Waals surface area (Å²) in [7, 11) is -0.929. The summed E-state index contributed by atoms with van der Waals surface area (Å²) in [6, 6.07) is 15.1. The molecular formula is C25H36NOP. The molecule has 4 atom stereocenters. The van der Waals surface area contributed by atoms with Gasteiger partial charge in [-0.3, -0.25) is 0 Å². The molecule has 2 aromatic rings. The van der Waals surface area contributed by atoms with Crippen LogP contribution >= 0.6 is 8.30 Å². The van der Waals surface area contributed by atoms with Crippen LogP contribution < -0.4 is 10.4 Å². The van der Waals surface area contributed by atoms with E-state index in [0.29, 0.717) is 17.9 Å². The number of nitrogens with one attached hydrogen (secondary N) is 1. The van der Waals surface area contributed by atoms with Crippen molar-refractivity contribution in [1.29, 1.82) is 0 Å². The molecule has 0 bridgehead atoms. The van der Waals surface area contributed by atoms with Gasteiger partial charge in [0.1, 0.15) is 0 Å². The van der Waals surface area contributed by atoms with E-state index in [-0.39, 0.29) is 0 Å². The second kappa shape index (κ2) is 9.42. The minimum Gasteiger partial charge on any atom is -0.339 e. The van der Waals surface area contributed by atoms with Crippen molar-refractivity contribution in [3.05, 3.63) is 59.2 Å². The zero-order chi connectivity index (χ0) is 20.3. The van der Waals surface area contributed by atoms with E-state index in [1.165, 1.54) is 41.3 Å². The third-order valence-corrected chi connectivity index (χ3v) is 8.10. The third-order valence-electron chi connectivity index (χ3n) is 6.05. The molecular weight excluding hydrogens is 361 g/mol. The smallest absolute Gasteiger partial charge is 0.164 e. The van der Waals surface area contributed by atoms with E-state index >= 15 is 0 Å². The molecule has 3 rings (SSSR count). The summed E-state index contributed by atoms with van der Waals surface area (Å²) < 4.78 is 6.98. The molecule has 0 amide bonds. The average Bonchev–Trinajstić information content (AvgIpc) is 2.61. The van der Waals surface area contributed by atoms with E-state index in [1.54, 1.807) is 0 Å². The molecule has 2 aromatic carbocycles. The van der Waals surface area contributed by atoms with Crippen LogP contribution in [0, 0.1) is 38.5 Å². The molecule has 3 heteroatoms. The van der Waals surface area contributed by atoms with Crippen LogP contribution in [0.15, 0.2) is 42.5 Å². The van der Waals surface area contributed by atoms with Crippen molar-refractivity contribution < 1.29 is 4.52 Å². The molecule has 0 heterocycles. The number of hydrogen-bond acceptors (Lipinski definition) is 2. The van der Waals surface area contributed by atoms with E-state index in [0.717, 1.165) is 11.6 Å². The highest BCUT2D eigenvalue weighted by molar-refractivity contribution is 7.62. The molecule has 4 unspecified atom stereocenters. The lowest BCUT2D eigenvalue weighted by atomic mass is 9.75. The zero-order valence-corrected chi connectivity index (χ0v) is 19.2. The van der Waals surface area contributed by atoms with Crippen molar-refractivity contribution in [1.82, 2.24) is 0 Å². The Bertz CT molecular complexity index is 750. The van der Waals surface area contributed by atoms with Crippen molar-refractivity contribution >= 4 is 19.3 Å². The Morgan fingerprint density at radius 2 is 1.64 bits per heavy atom. The van der Waals surface area contributed by atoms with Crippen molar-refractivity contribution in [2.24, 2.45) is 17.8 Å². The van der Waals surface area contributed by atoms with Crippen molar-refractivity contribution in [2.75, 3.05) is 5.09 Å². The SMILES string of the molecule is Cc1cc(C)c(P(Nc2ccccc2)OC2CC(C)CCC2C(C)C)c(C)c1. The van der Waals surface area contributed by atoms with Crippen molar-refractivity contribution in [3.8, 4) is 0 Å². The molecule has 1 saturated carbocycles. The van der Waals surface area contributed by atoms with Gasteiger partial charge in [-0.05, 0) is 74.6 Å². The predicted molar refractivity (Wildman–Crippen MR) is 123 cm³/mol. The number of hydrogen-bond donors (Lipinski definition) is 1. The summed E-state index contributed by atoms with van der Waals surface area (Å²) in [4.78, 5) is 0. The fourth-order valence-electron chi connectivity index (χ4n) is 4.63. The van der Waals surface area contributed by atoms with Crippen LogP contribution in [0.25, 0.3) is 0 Å². The topological polar surface area (TPSA) is 21.3 Å². The highest BCUT2D eigenvalue weighted by atomic mass is 31.2. The first kappa shape index (κ1) is 21.3. The van der Waals surface area contributed by atoms with E-state index in [9.17, 15) is 0 Å². The first-order valence-corrected chi connectivity index (χ1v) is 12.0. The van der Waals surface area contributed by atoms with Crippen LogP contribution in [-0.2, 0) is 4.52 Å². The molecule has 1 aliphatic rings. The van der Waals surface area contributed by atoms with Gasteiger partial charge in [-0.1, -0.05) is 63.1 Å². The second-order valence-electron chi connectivity index (χ2n) is 8.99. The molecule has 0 aliphatic heterocycles. The molecule has 1 aliphatic carbocycles. The number of para-hydroxylation sites is 1. The number of benzene rings is 2. The predicted octanol–water partition coefficient (Wildman–Crippen LogP) is 7.14. The molecule has 152 valence electrons. The highest BCUT2D eigenvalue weighted by Gasteiger charge is 2.34. The van der Waals surface area contributed by atoms with E-state index in [1.807, 2.05) is 0 Å². The summed E-state index contributed by atoms with van der Waals surface area (Å²) >= 11 is 0. The van der Waals surface area contributed by atoms with Crippen LogP contribution in [0.4, 0.5) is 5.69 Å². The maximum Gasteiger partial charge on any atom is 0.164 e. The molecule has 0 radical (unpaired) electrons. The lowest BCUT2D eigenvalue weighted by molar-refractivity contribution is 0.0569. The van der Waals surface area contributed by atoms with E-state index in [2.05, 4.69) is 89.1 Å². The second-order valence-corrected chi connectivity index (χ2v) is 10.5. The first-order chi connectivity index (χ1) is 13.3. The average molecular weight is 398 g/mol. The number of anilines is 1. The molecule has 2 nitrogen and oxygen atoms in total. The minimum absolute atomic E-state index is 0.325. The summed E-state index contributed by atoms with van der Waals surface area (Å²) in [5.74, 6) is 2.05. The van der Waals surface area contributed by atoms with Crippen molar-refractivity contribution in [2.45, 2.75) is 66.9 Å². The Labute approximate surface area is 173 Å². The standard InChI is InChI=1S/C25H36NOP/c1-17(2)23-13-12-18(3)16-24(23)27-28(26-22-10-8-7-9-11-22)25-20(5)14-19(4)15-21(25)6/h7-11,14-15,17-18,23-24,26H,12-13,16H2,1-6H3. The zero-order valence-electron chi connectivity index (χ0n) is 18.3. The Morgan fingerprint density at radius 3 is 2.25 bits per heavy atom. The lowest BCUT2D eigenvalue weighted by Crippen LogP contribution is -2.35. The molecule has 0 aromatic heterocycles. The Morgan fingerprint density at radius 1 is 1.00 bits per heavy atom. The van der Waals surface area contributed by atoms with Crippen LogP contribution in [0.1, 0.15) is 56.7 Å². The third kappa shape index (κ3) is 5.16. The Hall–Kier alpha value is -1.37. The van der Waals surface area contributed by atoms with Gasteiger partial charge in [0.25, 0.3) is 0 Å². The van der Waals surface area contributed by atoms with Crippen LogP contribution in [0.2, 0.25) is 0 Å². The highest BCUT2D eigenvalue weighted by Crippen LogP contribution is 2.46. The van der Waals surface area contributed by atoms with Gasteiger partial charge in [-0.25, -0.2) is 0 Å². The molecule has 0 spiro atoms. The summed E-state index contributed by atoms with van der Waals surface area (Å²) in [5, 5.41) is 5.11. The van der Waals surface area contributed by atoms with E-state index < -0.39 is 8.30 Å². The Balaban J connectivity index is 1.94. The summed E-state index contributed by atoms with van der Waals surface area (Å²) in [5.41, 5.74) is 5.12. The fraction of sp³-hybridized carbons (Fsp3) is 0.520. The van der Waals surface area contributed by atoms with Gasteiger partial charge in [-0.2, -0.15) is 0 Å². The Kier molecular flexibility index (Phi) is 7.18. The number of rotatable bonds is 6. The quantitative estimate of drug-likeness (QED) is 0.523. The summed E-state index contributed by atoms with van der Waals surface area (Å²) in [6.45, 7) is 13.7. The minimum atomic E-state index is -0.929. The molecule has 0 saturated heterocycles. The monoisotopic (exact) mass is 397 g/mol. The molecule has 1 fully saturated rings. The van der Waals surface area contributed by atoms with Crippen molar-refractivity contribution in [3.63, 3.8) is 0 Å². The van der Waals surface area contributed by atoms with Gasteiger partial charge < -0.3 is 9.61 Å². The largest absolute Gasteiger partial charge is 0.339 e. The van der Waals surface area contributed by atoms with Crippen LogP contribution in [0.3, 0.4) is 0 Å². The van der Waals surface area contributed by atoms with Gasteiger partial charge in [0.05, 0.1) is 6.10 Å².